The maximum absolute atomic E-state index is 6.72. The highest BCUT2D eigenvalue weighted by Gasteiger charge is 2.25. The van der Waals surface area contributed by atoms with Crippen molar-refractivity contribution in [2.24, 2.45) is 0 Å². The van der Waals surface area contributed by atoms with Crippen LogP contribution in [0, 0.1) is 0 Å². The smallest absolute Gasteiger partial charge is 0.143 e. The summed E-state index contributed by atoms with van der Waals surface area (Å²) in [7, 11) is 0. The Morgan fingerprint density at radius 2 is 1.09 bits per heavy atom. The van der Waals surface area contributed by atoms with Crippen molar-refractivity contribution in [2.45, 2.75) is 0 Å². The van der Waals surface area contributed by atoms with Gasteiger partial charge in [-0.05, 0) is 65.2 Å². The van der Waals surface area contributed by atoms with E-state index in [1.165, 1.54) is 5.39 Å². The summed E-state index contributed by atoms with van der Waals surface area (Å²) in [6.45, 7) is 0. The second kappa shape index (κ2) is 13.2. The number of furan rings is 1. The number of para-hydroxylation sites is 3. The Morgan fingerprint density at radius 1 is 0.446 bits per heavy atom. The second-order valence-electron chi connectivity index (χ2n) is 13.8. The Kier molecular flexibility index (Phi) is 7.60. The Balaban J connectivity index is 1.16. The molecule has 0 amide bonds. The lowest BCUT2D eigenvalue weighted by Gasteiger charge is -2.11. The predicted octanol–water partition coefficient (Wildman–Crippen LogP) is 13.5. The van der Waals surface area contributed by atoms with E-state index >= 15 is 0 Å². The van der Waals surface area contributed by atoms with Crippen LogP contribution in [0.4, 0.5) is 0 Å². The van der Waals surface area contributed by atoms with E-state index in [1.807, 2.05) is 42.5 Å². The minimum atomic E-state index is 0.798. The fourth-order valence-corrected chi connectivity index (χ4v) is 9.15. The SMILES string of the molecule is c1ccc(-c2nc3ccccc3c3c(-c4cccc5c4oc4ccccc45)c(-c4ccc(-c5cc(-c6ccccn6)nc(-c6ccccn6)c5)cc4)sc23)cc1. The molecular weight excluding hydrogens is 705 g/mol. The molecule has 0 radical (unpaired) electrons. The van der Waals surface area contributed by atoms with Gasteiger partial charge in [0.1, 0.15) is 11.2 Å². The fraction of sp³-hybridized carbons (Fsp3) is 0. The summed E-state index contributed by atoms with van der Waals surface area (Å²) >= 11 is 1.79. The van der Waals surface area contributed by atoms with Crippen LogP contribution in [0.3, 0.4) is 0 Å². The average Bonchev–Trinajstić information content (AvgIpc) is 3.87. The minimum Gasteiger partial charge on any atom is -0.455 e. The van der Waals surface area contributed by atoms with Crippen molar-refractivity contribution in [3.05, 3.63) is 182 Å². The summed E-state index contributed by atoms with van der Waals surface area (Å²) in [6.07, 6.45) is 3.60. The van der Waals surface area contributed by atoms with E-state index in [0.29, 0.717) is 0 Å². The third kappa shape index (κ3) is 5.38. The predicted molar refractivity (Wildman–Crippen MR) is 230 cm³/mol. The first-order valence-corrected chi connectivity index (χ1v) is 19.4. The molecule has 0 unspecified atom stereocenters. The third-order valence-corrected chi connectivity index (χ3v) is 11.7. The van der Waals surface area contributed by atoms with Gasteiger partial charge < -0.3 is 4.42 Å². The van der Waals surface area contributed by atoms with Crippen LogP contribution >= 0.6 is 11.3 Å². The number of aromatic nitrogens is 4. The van der Waals surface area contributed by atoms with E-state index in [9.17, 15) is 0 Å². The first-order valence-electron chi connectivity index (χ1n) is 18.5. The van der Waals surface area contributed by atoms with Crippen molar-refractivity contribution in [3.63, 3.8) is 0 Å². The number of thiophene rings is 1. The molecule has 0 aliphatic heterocycles. The van der Waals surface area contributed by atoms with Gasteiger partial charge >= 0.3 is 0 Å². The lowest BCUT2D eigenvalue weighted by Crippen LogP contribution is -1.93. The van der Waals surface area contributed by atoms with Crippen molar-refractivity contribution in [1.82, 2.24) is 19.9 Å². The number of hydrogen-bond donors (Lipinski definition) is 0. The molecule has 5 nitrogen and oxygen atoms in total. The quantitative estimate of drug-likeness (QED) is 0.170. The molecule has 6 heteroatoms. The molecule has 6 heterocycles. The maximum Gasteiger partial charge on any atom is 0.143 e. The van der Waals surface area contributed by atoms with Crippen LogP contribution in [0.2, 0.25) is 0 Å². The molecule has 0 N–H and O–H groups in total. The molecule has 0 bridgehead atoms. The monoisotopic (exact) mass is 734 g/mol. The summed E-state index contributed by atoms with van der Waals surface area (Å²) in [4.78, 5) is 20.7. The first kappa shape index (κ1) is 32.2. The van der Waals surface area contributed by atoms with Crippen molar-refractivity contribution in [1.29, 1.82) is 0 Å². The van der Waals surface area contributed by atoms with Crippen molar-refractivity contribution < 1.29 is 4.42 Å². The van der Waals surface area contributed by atoms with E-state index in [-0.39, 0.29) is 0 Å². The lowest BCUT2D eigenvalue weighted by molar-refractivity contribution is 0.670. The van der Waals surface area contributed by atoms with Gasteiger partial charge in [0.05, 0.1) is 38.7 Å². The van der Waals surface area contributed by atoms with Gasteiger partial charge in [-0.3, -0.25) is 9.97 Å². The zero-order valence-electron chi connectivity index (χ0n) is 29.9. The number of fused-ring (bicyclic) bond motifs is 6. The highest BCUT2D eigenvalue weighted by molar-refractivity contribution is 7.23. The van der Waals surface area contributed by atoms with Gasteiger partial charge in [-0.1, -0.05) is 121 Å². The van der Waals surface area contributed by atoms with Gasteiger partial charge in [-0.2, -0.15) is 0 Å². The topological polar surface area (TPSA) is 64.7 Å². The van der Waals surface area contributed by atoms with E-state index in [4.69, 9.17) is 14.4 Å². The Labute approximate surface area is 326 Å². The van der Waals surface area contributed by atoms with Gasteiger partial charge in [0.25, 0.3) is 0 Å². The number of rotatable bonds is 6. The van der Waals surface area contributed by atoms with Crippen LogP contribution in [-0.2, 0) is 0 Å². The van der Waals surface area contributed by atoms with Gasteiger partial charge in [-0.25, -0.2) is 9.97 Å². The molecule has 6 aromatic heterocycles. The summed E-state index contributed by atoms with van der Waals surface area (Å²) < 4.78 is 7.86. The van der Waals surface area contributed by atoms with E-state index in [0.717, 1.165) is 104 Å². The molecule has 11 aromatic rings. The van der Waals surface area contributed by atoms with Crippen LogP contribution in [-0.4, -0.2) is 19.9 Å². The van der Waals surface area contributed by atoms with Gasteiger partial charge in [0.15, 0.2) is 0 Å². The number of hydrogen-bond acceptors (Lipinski definition) is 6. The number of pyridine rings is 4. The number of benzene rings is 5. The molecule has 56 heavy (non-hydrogen) atoms. The van der Waals surface area contributed by atoms with Crippen molar-refractivity contribution >= 4 is 54.3 Å². The molecule has 0 spiro atoms. The van der Waals surface area contributed by atoms with Crippen LogP contribution < -0.4 is 0 Å². The van der Waals surface area contributed by atoms with Gasteiger partial charge in [0.2, 0.25) is 0 Å². The number of nitrogens with zero attached hydrogens (tertiary/aromatic N) is 4. The van der Waals surface area contributed by atoms with Crippen molar-refractivity contribution in [3.8, 4) is 66.7 Å². The maximum atomic E-state index is 6.72. The molecule has 0 atom stereocenters. The third-order valence-electron chi connectivity index (χ3n) is 10.4. The Morgan fingerprint density at radius 3 is 1.82 bits per heavy atom. The largest absolute Gasteiger partial charge is 0.455 e. The van der Waals surface area contributed by atoms with Crippen LogP contribution in [0.15, 0.2) is 187 Å². The highest BCUT2D eigenvalue weighted by atomic mass is 32.1. The molecule has 0 aliphatic rings. The van der Waals surface area contributed by atoms with Crippen LogP contribution in [0.5, 0.6) is 0 Å². The van der Waals surface area contributed by atoms with Gasteiger partial charge in [-0.15, -0.1) is 11.3 Å². The van der Waals surface area contributed by atoms with E-state index in [2.05, 4.69) is 137 Å². The standard InChI is InChI=1S/C50H30N4OS/c1-2-13-32(14-3-1)47-50-45(37-16-4-6-19-39(37)54-47)46(38-18-12-17-36-35-15-5-7-22-44(35)55-48(36)38)49(56-50)33-25-23-31(24-26-33)34-29-42(40-20-8-10-27-51-40)53-43(30-34)41-21-9-11-28-52-41/h1-30H. The Bertz CT molecular complexity index is 3170. The lowest BCUT2D eigenvalue weighted by atomic mass is 9.93. The average molecular weight is 735 g/mol. The zero-order chi connectivity index (χ0) is 37.0. The van der Waals surface area contributed by atoms with Crippen molar-refractivity contribution in [2.75, 3.05) is 0 Å². The first-order chi connectivity index (χ1) is 27.8. The summed E-state index contributed by atoms with van der Waals surface area (Å²) in [5.41, 5.74) is 13.5. The van der Waals surface area contributed by atoms with E-state index < -0.39 is 0 Å². The Hall–Kier alpha value is -7.28. The van der Waals surface area contributed by atoms with Crippen LogP contribution in [0.25, 0.3) is 110 Å². The molecule has 5 aromatic carbocycles. The highest BCUT2D eigenvalue weighted by Crippen LogP contribution is 2.52. The van der Waals surface area contributed by atoms with E-state index in [1.54, 1.807) is 23.7 Å². The normalized spacial score (nSPS) is 11.6. The summed E-state index contributed by atoms with van der Waals surface area (Å²) in [6, 6.07) is 58.7. The van der Waals surface area contributed by atoms with Crippen LogP contribution in [0.1, 0.15) is 0 Å². The molecule has 0 saturated heterocycles. The molecule has 262 valence electrons. The van der Waals surface area contributed by atoms with Gasteiger partial charge in [0, 0.05) is 55.5 Å². The second-order valence-corrected chi connectivity index (χ2v) is 14.8. The summed E-state index contributed by atoms with van der Waals surface area (Å²) in [5.74, 6) is 0. The summed E-state index contributed by atoms with van der Waals surface area (Å²) in [5, 5.41) is 4.51. The fourth-order valence-electron chi connectivity index (χ4n) is 7.81. The molecule has 0 aliphatic carbocycles. The molecular formula is C50H30N4OS. The molecule has 11 rings (SSSR count). The molecule has 0 fully saturated rings. The molecule has 0 saturated carbocycles. The minimum absolute atomic E-state index is 0.798. The zero-order valence-corrected chi connectivity index (χ0v) is 30.7.